The van der Waals surface area contributed by atoms with Crippen molar-refractivity contribution in [1.29, 1.82) is 0 Å². The number of hydrogen-bond donors (Lipinski definition) is 5. The number of nitrogens with zero attached hydrogens (tertiary/aromatic N) is 1. The lowest BCUT2D eigenvalue weighted by atomic mass is 9.94. The van der Waals surface area contributed by atoms with Crippen LogP contribution < -0.4 is 10.6 Å². The van der Waals surface area contributed by atoms with Gasteiger partial charge in [-0.15, -0.1) is 0 Å². The van der Waals surface area contributed by atoms with E-state index in [1.807, 2.05) is 20.8 Å². The third-order valence-corrected chi connectivity index (χ3v) is 5.60. The van der Waals surface area contributed by atoms with Gasteiger partial charge in [-0.05, 0) is 29.9 Å². The summed E-state index contributed by atoms with van der Waals surface area (Å²) in [6, 6.07) is 2.51. The second kappa shape index (κ2) is 13.4. The molecule has 0 saturated carbocycles. The lowest BCUT2D eigenvalue weighted by Gasteiger charge is -2.28. The zero-order valence-corrected chi connectivity index (χ0v) is 21.1. The number of hydrogen-bond acceptors (Lipinski definition) is 9. The van der Waals surface area contributed by atoms with Crippen LogP contribution in [0.2, 0.25) is 0 Å². The molecule has 0 bridgehead atoms. The van der Waals surface area contributed by atoms with Gasteiger partial charge in [-0.1, -0.05) is 39.0 Å². The van der Waals surface area contributed by atoms with Crippen LogP contribution in [0.3, 0.4) is 0 Å². The fraction of sp³-hybridized carbons (Fsp3) is 0.600. The molecule has 1 aliphatic heterocycles. The van der Waals surface area contributed by atoms with Gasteiger partial charge in [-0.25, -0.2) is 0 Å². The normalized spacial score (nSPS) is 22.1. The molecule has 200 valence electrons. The number of aliphatic hydroxyl groups excluding tert-OH is 3. The number of aromatic nitrogens is 1. The van der Waals surface area contributed by atoms with Gasteiger partial charge in [0.05, 0.1) is 13.0 Å². The molecule has 2 amide bonds. The van der Waals surface area contributed by atoms with E-state index in [1.54, 1.807) is 30.6 Å². The maximum atomic E-state index is 12.8. The lowest BCUT2D eigenvalue weighted by molar-refractivity contribution is -0.151. The molecule has 0 spiro atoms. The van der Waals surface area contributed by atoms with Gasteiger partial charge < -0.3 is 35.4 Å². The summed E-state index contributed by atoms with van der Waals surface area (Å²) in [7, 11) is 1.17. The van der Waals surface area contributed by atoms with Crippen molar-refractivity contribution in [3.63, 3.8) is 0 Å². The summed E-state index contributed by atoms with van der Waals surface area (Å²) in [6.45, 7) is 5.78. The lowest BCUT2D eigenvalue weighted by Crippen LogP contribution is -2.55. The molecule has 11 nitrogen and oxygen atoms in total. The van der Waals surface area contributed by atoms with Crippen molar-refractivity contribution in [3.05, 3.63) is 42.2 Å². The molecule has 36 heavy (non-hydrogen) atoms. The minimum absolute atomic E-state index is 0.0466. The number of carbonyl (C=O) groups excluding carboxylic acids is 3. The Hall–Kier alpha value is -2.86. The topological polar surface area (TPSA) is 167 Å². The summed E-state index contributed by atoms with van der Waals surface area (Å²) < 4.78 is 10.5. The third kappa shape index (κ3) is 9.30. The second-order valence-electron chi connectivity index (χ2n) is 9.89. The SMILES string of the molecule is CO[C@@H](C(=O)N[C@H]1CC[C@@H](OC(=O)Cc2cccnc2)CNC1=O)[C@H](O)[C@@H](O)[C@H](O)/C=C/C(C)(C)C. The molecule has 11 heteroatoms. The van der Waals surface area contributed by atoms with Crippen LogP contribution in [0.5, 0.6) is 0 Å². The Morgan fingerprint density at radius 1 is 1.25 bits per heavy atom. The standard InChI is InChI=1S/C25H37N3O8/c1-25(2,3)10-9-18(29)20(31)21(32)22(35-4)24(34)28-17-8-7-16(14-27-23(17)33)36-19(30)12-15-6-5-11-26-13-15/h5-6,9-11,13,16-18,20-22,29,31-32H,7-8,12,14H2,1-4H3,(H,27,33)(H,28,34)/b10-9+/t16-,17+,18-,20+,21-,22-/m1/s1. The largest absolute Gasteiger partial charge is 0.460 e. The predicted octanol–water partition coefficient (Wildman–Crippen LogP) is -0.369. The summed E-state index contributed by atoms with van der Waals surface area (Å²) in [5.74, 6) is -1.77. The fourth-order valence-corrected chi connectivity index (χ4v) is 3.60. The Morgan fingerprint density at radius 3 is 2.58 bits per heavy atom. The van der Waals surface area contributed by atoms with Crippen molar-refractivity contribution in [1.82, 2.24) is 15.6 Å². The number of carbonyl (C=O) groups is 3. The zero-order valence-electron chi connectivity index (χ0n) is 21.1. The number of amides is 2. The summed E-state index contributed by atoms with van der Waals surface area (Å²) >= 11 is 0. The molecule has 0 aromatic carbocycles. The van der Waals surface area contributed by atoms with Crippen LogP contribution in [0.1, 0.15) is 39.2 Å². The molecule has 6 atom stereocenters. The number of methoxy groups -OCH3 is 1. The van der Waals surface area contributed by atoms with Crippen LogP contribution in [-0.4, -0.2) is 88.3 Å². The summed E-state index contributed by atoms with van der Waals surface area (Å²) in [6.07, 6.45) is -0.302. The highest BCUT2D eigenvalue weighted by Gasteiger charge is 2.37. The first-order valence-electron chi connectivity index (χ1n) is 11.8. The Kier molecular flexibility index (Phi) is 11.0. The van der Waals surface area contributed by atoms with E-state index in [4.69, 9.17) is 9.47 Å². The molecule has 0 aliphatic carbocycles. The number of ether oxygens (including phenoxy) is 2. The molecule has 1 aliphatic rings. The first kappa shape index (κ1) is 29.4. The quantitative estimate of drug-likeness (QED) is 0.210. The molecule has 1 saturated heterocycles. The van der Waals surface area contributed by atoms with Gasteiger partial charge in [0.1, 0.15) is 30.5 Å². The van der Waals surface area contributed by atoms with Crippen LogP contribution in [0.4, 0.5) is 0 Å². The van der Waals surface area contributed by atoms with Crippen LogP contribution in [0, 0.1) is 5.41 Å². The highest BCUT2D eigenvalue weighted by atomic mass is 16.5. The Morgan fingerprint density at radius 2 is 1.97 bits per heavy atom. The molecule has 1 aromatic heterocycles. The Bertz CT molecular complexity index is 902. The number of esters is 1. The van der Waals surface area contributed by atoms with Crippen molar-refractivity contribution in [2.75, 3.05) is 13.7 Å². The first-order valence-corrected chi connectivity index (χ1v) is 11.8. The van der Waals surface area contributed by atoms with Gasteiger partial charge in [-0.2, -0.15) is 0 Å². The van der Waals surface area contributed by atoms with Crippen molar-refractivity contribution in [3.8, 4) is 0 Å². The molecule has 2 rings (SSSR count). The molecule has 1 fully saturated rings. The van der Waals surface area contributed by atoms with E-state index < -0.39 is 54.3 Å². The van der Waals surface area contributed by atoms with E-state index in [0.29, 0.717) is 12.0 Å². The highest BCUT2D eigenvalue weighted by molar-refractivity contribution is 5.89. The first-order chi connectivity index (χ1) is 16.9. The van der Waals surface area contributed by atoms with E-state index in [1.165, 1.54) is 13.2 Å². The molecule has 5 N–H and O–H groups in total. The molecule has 0 radical (unpaired) electrons. The molecule has 1 aromatic rings. The minimum atomic E-state index is -1.76. The second-order valence-corrected chi connectivity index (χ2v) is 9.89. The van der Waals surface area contributed by atoms with Gasteiger partial charge in [-0.3, -0.25) is 19.4 Å². The van der Waals surface area contributed by atoms with Crippen molar-refractivity contribution in [2.24, 2.45) is 5.41 Å². The van der Waals surface area contributed by atoms with Crippen molar-refractivity contribution >= 4 is 17.8 Å². The van der Waals surface area contributed by atoms with Gasteiger partial charge in [0.15, 0.2) is 6.10 Å². The van der Waals surface area contributed by atoms with Gasteiger partial charge in [0, 0.05) is 19.5 Å². The van der Waals surface area contributed by atoms with Crippen LogP contribution >= 0.6 is 0 Å². The highest BCUT2D eigenvalue weighted by Crippen LogP contribution is 2.17. The average molecular weight is 508 g/mol. The molecule has 2 heterocycles. The Labute approximate surface area is 210 Å². The predicted molar refractivity (Wildman–Crippen MR) is 129 cm³/mol. The average Bonchev–Trinajstić information content (AvgIpc) is 2.98. The molecule has 0 unspecified atom stereocenters. The zero-order chi connectivity index (χ0) is 26.9. The third-order valence-electron chi connectivity index (χ3n) is 5.60. The van der Waals surface area contributed by atoms with E-state index in [0.717, 1.165) is 0 Å². The maximum Gasteiger partial charge on any atom is 0.310 e. The molecular formula is C25H37N3O8. The van der Waals surface area contributed by atoms with Crippen molar-refractivity contribution < 1.29 is 39.2 Å². The monoisotopic (exact) mass is 507 g/mol. The smallest absolute Gasteiger partial charge is 0.310 e. The minimum Gasteiger partial charge on any atom is -0.460 e. The van der Waals surface area contributed by atoms with Crippen LogP contribution in [0.15, 0.2) is 36.7 Å². The number of allylic oxidation sites excluding steroid dienone is 1. The number of rotatable bonds is 10. The van der Waals surface area contributed by atoms with Gasteiger partial charge >= 0.3 is 5.97 Å². The van der Waals surface area contributed by atoms with Crippen molar-refractivity contribution in [2.45, 2.75) is 76.6 Å². The maximum absolute atomic E-state index is 12.8. The van der Waals surface area contributed by atoms with E-state index >= 15 is 0 Å². The van der Waals surface area contributed by atoms with E-state index in [2.05, 4.69) is 15.6 Å². The summed E-state index contributed by atoms with van der Waals surface area (Å²) in [5.41, 5.74) is 0.442. The summed E-state index contributed by atoms with van der Waals surface area (Å²) in [4.78, 5) is 41.5. The van der Waals surface area contributed by atoms with E-state index in [-0.39, 0.29) is 24.8 Å². The van der Waals surface area contributed by atoms with Gasteiger partial charge in [0.2, 0.25) is 5.91 Å². The fourth-order valence-electron chi connectivity index (χ4n) is 3.60. The number of nitrogens with one attached hydrogen (secondary N) is 2. The molecular weight excluding hydrogens is 470 g/mol. The summed E-state index contributed by atoms with van der Waals surface area (Å²) in [5, 5.41) is 36.1. The van der Waals surface area contributed by atoms with Crippen LogP contribution in [0.25, 0.3) is 0 Å². The van der Waals surface area contributed by atoms with Gasteiger partial charge in [0.25, 0.3) is 5.91 Å². The number of aliphatic hydroxyl groups is 3. The number of pyridine rings is 1. The Balaban J connectivity index is 1.92. The van der Waals surface area contributed by atoms with E-state index in [9.17, 15) is 29.7 Å². The van der Waals surface area contributed by atoms with Crippen LogP contribution in [-0.2, 0) is 30.3 Å².